The second-order valence-electron chi connectivity index (χ2n) is 15.4. The van der Waals surface area contributed by atoms with E-state index in [0.717, 1.165) is 23.1 Å². The fourth-order valence-corrected chi connectivity index (χ4v) is 7.94. The number of hydrogen-bond donors (Lipinski definition) is 2. The highest BCUT2D eigenvalue weighted by atomic mass is 19.4. The normalized spacial score (nSPS) is 22.9. The Hall–Kier alpha value is -4.05. The molecule has 3 aliphatic rings. The van der Waals surface area contributed by atoms with Gasteiger partial charge < -0.3 is 29.2 Å². The van der Waals surface area contributed by atoms with Gasteiger partial charge in [0.15, 0.2) is 5.76 Å². The summed E-state index contributed by atoms with van der Waals surface area (Å²) in [6.45, 7) is 10.9. The van der Waals surface area contributed by atoms with Crippen molar-refractivity contribution < 1.29 is 41.8 Å². The molecular weight excluding hydrogens is 705 g/mol. The Kier molecular flexibility index (Phi) is 11.4. The topological polar surface area (TPSA) is 134 Å². The minimum absolute atomic E-state index is 0.0192. The molecule has 1 aromatic carbocycles. The highest BCUT2D eigenvalue weighted by Gasteiger charge is 2.54. The van der Waals surface area contributed by atoms with E-state index >= 15 is 0 Å². The fourth-order valence-electron chi connectivity index (χ4n) is 7.94. The average Bonchev–Trinajstić information content (AvgIpc) is 3.75. The van der Waals surface area contributed by atoms with Gasteiger partial charge in [0.2, 0.25) is 17.7 Å². The zero-order valence-electron chi connectivity index (χ0n) is 31.7. The second kappa shape index (κ2) is 15.6. The van der Waals surface area contributed by atoms with Gasteiger partial charge in [0, 0.05) is 55.6 Å². The fraction of sp³-hybridized carbons (Fsp3) is 0.590. The van der Waals surface area contributed by atoms with E-state index in [1.165, 1.54) is 0 Å². The number of fused-ring (bicyclic) bond motifs is 3. The molecule has 0 spiro atoms. The zero-order chi connectivity index (χ0) is 39.0. The quantitative estimate of drug-likeness (QED) is 0.258. The number of piperazine rings is 1. The van der Waals surface area contributed by atoms with Gasteiger partial charge in [-0.1, -0.05) is 32.0 Å². The van der Waals surface area contributed by atoms with Gasteiger partial charge in [0.25, 0.3) is 0 Å². The van der Waals surface area contributed by atoms with Gasteiger partial charge in [0.1, 0.15) is 36.8 Å². The Bertz CT molecular complexity index is 1800. The molecule has 2 saturated heterocycles. The number of aromatic nitrogens is 2. The summed E-state index contributed by atoms with van der Waals surface area (Å²) in [4.78, 5) is 42.1. The highest BCUT2D eigenvalue weighted by molar-refractivity contribution is 5.82. The van der Waals surface area contributed by atoms with Crippen molar-refractivity contribution in [2.45, 2.75) is 103 Å². The number of aliphatic hydroxyl groups excluding tert-OH is 1. The molecule has 3 aliphatic heterocycles. The predicted octanol–water partition coefficient (Wildman–Crippen LogP) is 5.07. The molecule has 0 bridgehead atoms. The third kappa shape index (κ3) is 8.28. The molecule has 2 fully saturated rings. The molecule has 2 aromatic heterocycles. The predicted molar refractivity (Wildman–Crippen MR) is 193 cm³/mol. The summed E-state index contributed by atoms with van der Waals surface area (Å²) < 4.78 is 58.2. The SMILES string of the molecule is CCc1cncc(-c2cnc(C(C)(C)N3CCN(C[C@@H](O)C[C@@H](CC)C(=O)N4[C@H]5c6ccccc6OC[C@H]5OC4(C)C)[C@H](C(=O)NCC(F)(F)F)C3)o2)c1. The van der Waals surface area contributed by atoms with Crippen molar-refractivity contribution >= 4 is 11.8 Å². The smallest absolute Gasteiger partial charge is 0.405 e. The lowest BCUT2D eigenvalue weighted by Gasteiger charge is -2.46. The molecule has 15 heteroatoms. The number of alkyl halides is 3. The number of carbonyl (C=O) groups is 2. The van der Waals surface area contributed by atoms with Crippen LogP contribution in [-0.2, 0) is 26.3 Å². The van der Waals surface area contributed by atoms with Gasteiger partial charge in [-0.2, -0.15) is 13.2 Å². The lowest BCUT2D eigenvalue weighted by molar-refractivity contribution is -0.153. The number of amides is 2. The van der Waals surface area contributed by atoms with Gasteiger partial charge >= 0.3 is 6.18 Å². The van der Waals surface area contributed by atoms with Crippen LogP contribution < -0.4 is 10.1 Å². The van der Waals surface area contributed by atoms with E-state index in [1.54, 1.807) is 28.4 Å². The molecule has 5 atom stereocenters. The molecular formula is C39H51F3N6O6. The standard InChI is InChI=1S/C39H51F3N6O6/c1-7-24-15-26(18-43-17-24)31-19-44-36(53-31)37(3,4)47-14-13-46(29(21-47)34(50)45-23-39(40,41)42)20-27(49)16-25(8-2)35(51)48-33-28-11-9-10-12-30(28)52-22-32(33)54-38(48,5)6/h9-12,15,17-19,25,27,29,32-33,49H,7-8,13-14,16,20-23H2,1-6H3,(H,45,50)/t25-,27+,29+,32-,33+/m1/s1. The number of aliphatic hydroxyl groups is 1. The summed E-state index contributed by atoms with van der Waals surface area (Å²) in [5, 5.41) is 13.6. The molecule has 3 aromatic rings. The first kappa shape index (κ1) is 39.6. The van der Waals surface area contributed by atoms with Gasteiger partial charge in [-0.15, -0.1) is 0 Å². The number of pyridine rings is 1. The summed E-state index contributed by atoms with van der Waals surface area (Å²) >= 11 is 0. The number of β-amino-alcohol motifs (C(OH)–C–C–N with tert-alkyl or cyclic N) is 1. The van der Waals surface area contributed by atoms with Crippen molar-refractivity contribution in [2.24, 2.45) is 5.92 Å². The van der Waals surface area contributed by atoms with Crippen LogP contribution in [0.25, 0.3) is 11.3 Å². The van der Waals surface area contributed by atoms with E-state index in [4.69, 9.17) is 13.9 Å². The van der Waals surface area contributed by atoms with Crippen molar-refractivity contribution in [1.29, 1.82) is 0 Å². The number of rotatable bonds is 12. The van der Waals surface area contributed by atoms with Crippen LogP contribution in [0.1, 0.15) is 77.4 Å². The lowest BCUT2D eigenvalue weighted by Crippen LogP contribution is -2.63. The molecule has 5 heterocycles. The summed E-state index contributed by atoms with van der Waals surface area (Å²) in [6, 6.07) is 8.16. The first-order valence-electron chi connectivity index (χ1n) is 18.7. The van der Waals surface area contributed by atoms with Crippen molar-refractivity contribution in [3.05, 3.63) is 65.9 Å². The molecule has 2 N–H and O–H groups in total. The lowest BCUT2D eigenvalue weighted by atomic mass is 9.91. The Morgan fingerprint density at radius 2 is 1.87 bits per heavy atom. The van der Waals surface area contributed by atoms with E-state index in [-0.39, 0.29) is 44.1 Å². The van der Waals surface area contributed by atoms with Gasteiger partial charge in [-0.25, -0.2) is 4.98 Å². The summed E-state index contributed by atoms with van der Waals surface area (Å²) in [5.74, 6) is 0.0582. The van der Waals surface area contributed by atoms with Crippen molar-refractivity contribution in [2.75, 3.05) is 39.3 Å². The highest BCUT2D eigenvalue weighted by Crippen LogP contribution is 2.48. The molecule has 2 amide bonds. The second-order valence-corrected chi connectivity index (χ2v) is 15.4. The minimum atomic E-state index is -4.60. The number of oxazole rings is 1. The number of carbonyl (C=O) groups excluding carboxylic acids is 2. The molecule has 12 nitrogen and oxygen atoms in total. The van der Waals surface area contributed by atoms with Gasteiger partial charge in [-0.3, -0.25) is 24.4 Å². The molecule has 294 valence electrons. The Balaban J connectivity index is 1.17. The number of para-hydroxylation sites is 1. The van der Waals surface area contributed by atoms with Crippen LogP contribution in [0.4, 0.5) is 13.2 Å². The average molecular weight is 757 g/mol. The largest absolute Gasteiger partial charge is 0.490 e. The number of aryl methyl sites for hydroxylation is 1. The van der Waals surface area contributed by atoms with Crippen molar-refractivity contribution in [1.82, 2.24) is 30.0 Å². The maximum Gasteiger partial charge on any atom is 0.405 e. The number of ether oxygens (including phenoxy) is 2. The molecule has 6 rings (SSSR count). The minimum Gasteiger partial charge on any atom is -0.490 e. The number of benzene rings is 1. The van der Waals surface area contributed by atoms with Crippen LogP contribution in [-0.4, -0.2) is 111 Å². The van der Waals surface area contributed by atoms with E-state index in [2.05, 4.69) is 9.97 Å². The number of nitrogens with one attached hydrogen (secondary N) is 1. The Morgan fingerprint density at radius 3 is 2.59 bits per heavy atom. The zero-order valence-corrected chi connectivity index (χ0v) is 31.7. The van der Waals surface area contributed by atoms with E-state index < -0.39 is 48.0 Å². The maximum atomic E-state index is 14.3. The number of halogens is 3. The number of nitrogens with zero attached hydrogens (tertiary/aromatic N) is 5. The molecule has 54 heavy (non-hydrogen) atoms. The monoisotopic (exact) mass is 756 g/mol. The molecule has 0 aliphatic carbocycles. The summed E-state index contributed by atoms with van der Waals surface area (Å²) in [5.41, 5.74) is 0.898. The van der Waals surface area contributed by atoms with Crippen LogP contribution in [0.2, 0.25) is 0 Å². The van der Waals surface area contributed by atoms with Crippen molar-refractivity contribution in [3.63, 3.8) is 0 Å². The van der Waals surface area contributed by atoms with E-state index in [0.29, 0.717) is 37.0 Å². The van der Waals surface area contributed by atoms with E-state index in [1.807, 2.05) is 82.1 Å². The van der Waals surface area contributed by atoms with Crippen LogP contribution in [0.3, 0.4) is 0 Å². The van der Waals surface area contributed by atoms with Gasteiger partial charge in [-0.05, 0) is 64.7 Å². The van der Waals surface area contributed by atoms with E-state index in [9.17, 15) is 27.9 Å². The molecule has 0 unspecified atom stereocenters. The molecule has 0 saturated carbocycles. The Morgan fingerprint density at radius 1 is 1.11 bits per heavy atom. The third-order valence-corrected chi connectivity index (χ3v) is 10.9. The maximum absolute atomic E-state index is 14.3. The van der Waals surface area contributed by atoms with Gasteiger partial charge in [0.05, 0.1) is 23.9 Å². The summed E-state index contributed by atoms with van der Waals surface area (Å²) in [7, 11) is 0. The van der Waals surface area contributed by atoms with Crippen LogP contribution >= 0.6 is 0 Å². The Labute approximate surface area is 314 Å². The first-order chi connectivity index (χ1) is 25.5. The van der Waals surface area contributed by atoms with Crippen LogP contribution in [0.15, 0.2) is 53.3 Å². The van der Waals surface area contributed by atoms with Crippen LogP contribution in [0, 0.1) is 5.92 Å². The van der Waals surface area contributed by atoms with Crippen molar-refractivity contribution in [3.8, 4) is 17.1 Å². The first-order valence-corrected chi connectivity index (χ1v) is 18.7. The number of hydrogen-bond acceptors (Lipinski definition) is 10. The summed E-state index contributed by atoms with van der Waals surface area (Å²) in [6.07, 6.45) is 0.421. The molecule has 0 radical (unpaired) electrons. The third-order valence-electron chi connectivity index (χ3n) is 10.9. The van der Waals surface area contributed by atoms with Crippen LogP contribution in [0.5, 0.6) is 5.75 Å².